The number of fused-ring (bicyclic) bond motifs is 1. The van der Waals surface area contributed by atoms with Crippen LogP contribution in [0.15, 0.2) is 29.6 Å². The van der Waals surface area contributed by atoms with E-state index >= 15 is 0 Å². The minimum atomic E-state index is -0.715. The summed E-state index contributed by atoms with van der Waals surface area (Å²) >= 11 is 7.74. The van der Waals surface area contributed by atoms with Gasteiger partial charge in [-0.15, -0.1) is 11.3 Å². The number of hydrogen-bond acceptors (Lipinski definition) is 5. The normalized spacial score (nSPS) is 15.4. The van der Waals surface area contributed by atoms with Crippen molar-refractivity contribution in [2.45, 2.75) is 26.2 Å². The number of thiophene rings is 1. The minimum Gasteiger partial charge on any atom is -0.481 e. The molecule has 1 saturated heterocycles. The number of carboxylic acid groups (broad SMARTS) is 1. The molecular weight excluding hydrogens is 382 g/mol. The maximum Gasteiger partial charge on any atom is 0.306 e. The number of anilines is 1. The van der Waals surface area contributed by atoms with Gasteiger partial charge in [0.1, 0.15) is 10.6 Å². The third-order valence-corrected chi connectivity index (χ3v) is 6.25. The lowest BCUT2D eigenvalue weighted by molar-refractivity contribution is -0.142. The van der Waals surface area contributed by atoms with E-state index in [1.54, 1.807) is 11.3 Å². The molecule has 3 heterocycles. The SMILES string of the molecule is CCc1ccc(-c2csc3nc(Cl)nc(N4CCC(C(=O)O)CC4)c23)cc1. The van der Waals surface area contributed by atoms with Crippen LogP contribution in [0.2, 0.25) is 5.28 Å². The van der Waals surface area contributed by atoms with Gasteiger partial charge in [-0.05, 0) is 42.0 Å². The maximum absolute atomic E-state index is 11.3. The van der Waals surface area contributed by atoms with Gasteiger partial charge in [0.05, 0.1) is 11.3 Å². The van der Waals surface area contributed by atoms with Crippen molar-refractivity contribution in [2.75, 3.05) is 18.0 Å². The van der Waals surface area contributed by atoms with Crippen LogP contribution in [-0.2, 0) is 11.2 Å². The summed E-state index contributed by atoms with van der Waals surface area (Å²) in [5.74, 6) is -0.185. The molecule has 0 bridgehead atoms. The first kappa shape index (κ1) is 18.2. The Kier molecular flexibility index (Phi) is 5.02. The van der Waals surface area contributed by atoms with Crippen molar-refractivity contribution in [3.05, 3.63) is 40.5 Å². The molecule has 0 atom stereocenters. The highest BCUT2D eigenvalue weighted by atomic mass is 35.5. The van der Waals surface area contributed by atoms with Crippen molar-refractivity contribution in [1.82, 2.24) is 9.97 Å². The van der Waals surface area contributed by atoms with E-state index in [9.17, 15) is 9.90 Å². The first-order valence-corrected chi connectivity index (χ1v) is 10.3. The fraction of sp³-hybridized carbons (Fsp3) is 0.350. The van der Waals surface area contributed by atoms with Gasteiger partial charge in [0.25, 0.3) is 0 Å². The number of carbonyl (C=O) groups is 1. The molecule has 5 nitrogen and oxygen atoms in total. The largest absolute Gasteiger partial charge is 0.481 e. The van der Waals surface area contributed by atoms with Crippen LogP contribution in [-0.4, -0.2) is 34.1 Å². The highest BCUT2D eigenvalue weighted by Gasteiger charge is 2.27. The molecular formula is C20H20ClN3O2S. The van der Waals surface area contributed by atoms with E-state index in [0.29, 0.717) is 25.9 Å². The van der Waals surface area contributed by atoms with E-state index in [0.717, 1.165) is 33.6 Å². The predicted octanol–water partition coefficient (Wildman–Crippen LogP) is 4.88. The van der Waals surface area contributed by atoms with Crippen LogP contribution in [0.3, 0.4) is 0 Å². The number of benzene rings is 1. The Morgan fingerprint density at radius 3 is 2.59 bits per heavy atom. The van der Waals surface area contributed by atoms with Gasteiger partial charge in [0.15, 0.2) is 0 Å². The summed E-state index contributed by atoms with van der Waals surface area (Å²) in [5, 5.41) is 12.6. The molecule has 2 aromatic heterocycles. The van der Waals surface area contributed by atoms with Crippen molar-refractivity contribution in [3.63, 3.8) is 0 Å². The Bertz CT molecular complexity index is 979. The summed E-state index contributed by atoms with van der Waals surface area (Å²) in [6.45, 7) is 3.45. The monoisotopic (exact) mass is 401 g/mol. The number of piperidine rings is 1. The Hall–Kier alpha value is -2.18. The number of halogens is 1. The van der Waals surface area contributed by atoms with Crippen molar-refractivity contribution in [2.24, 2.45) is 5.92 Å². The third-order valence-electron chi connectivity index (χ3n) is 5.20. The smallest absolute Gasteiger partial charge is 0.306 e. The topological polar surface area (TPSA) is 66.3 Å². The molecule has 1 aliphatic heterocycles. The van der Waals surface area contributed by atoms with E-state index < -0.39 is 5.97 Å². The first-order chi connectivity index (χ1) is 13.1. The Morgan fingerprint density at radius 1 is 1.26 bits per heavy atom. The summed E-state index contributed by atoms with van der Waals surface area (Å²) in [7, 11) is 0. The van der Waals surface area contributed by atoms with Crippen LogP contribution in [0.4, 0.5) is 5.82 Å². The molecule has 0 unspecified atom stereocenters. The molecule has 1 N–H and O–H groups in total. The summed E-state index contributed by atoms with van der Waals surface area (Å²) in [6.07, 6.45) is 2.24. The van der Waals surface area contributed by atoms with E-state index in [4.69, 9.17) is 11.6 Å². The summed E-state index contributed by atoms with van der Waals surface area (Å²) < 4.78 is 0. The van der Waals surface area contributed by atoms with E-state index in [2.05, 4.69) is 51.4 Å². The predicted molar refractivity (Wildman–Crippen MR) is 110 cm³/mol. The summed E-state index contributed by atoms with van der Waals surface area (Å²) in [6, 6.07) is 8.56. The second-order valence-corrected chi connectivity index (χ2v) is 7.99. The van der Waals surface area contributed by atoms with E-state index in [-0.39, 0.29) is 11.2 Å². The fourth-order valence-electron chi connectivity index (χ4n) is 3.60. The number of aromatic nitrogens is 2. The van der Waals surface area contributed by atoms with Crippen LogP contribution in [0.25, 0.3) is 21.3 Å². The van der Waals surface area contributed by atoms with Crippen LogP contribution in [0.1, 0.15) is 25.3 Å². The molecule has 1 fully saturated rings. The number of hydrogen-bond donors (Lipinski definition) is 1. The zero-order chi connectivity index (χ0) is 19.0. The number of rotatable bonds is 4. The molecule has 0 radical (unpaired) electrons. The molecule has 1 aliphatic rings. The highest BCUT2D eigenvalue weighted by molar-refractivity contribution is 7.17. The maximum atomic E-state index is 11.3. The number of aryl methyl sites for hydroxylation is 1. The molecule has 3 aromatic rings. The van der Waals surface area contributed by atoms with Gasteiger partial charge in [-0.25, -0.2) is 4.98 Å². The average molecular weight is 402 g/mol. The van der Waals surface area contributed by atoms with Crippen molar-refractivity contribution in [3.8, 4) is 11.1 Å². The molecule has 0 amide bonds. The van der Waals surface area contributed by atoms with Crippen molar-refractivity contribution >= 4 is 44.9 Å². The fourth-order valence-corrected chi connectivity index (χ4v) is 4.75. The summed E-state index contributed by atoms with van der Waals surface area (Å²) in [4.78, 5) is 23.2. The van der Waals surface area contributed by atoms with Gasteiger partial charge >= 0.3 is 5.97 Å². The Balaban J connectivity index is 1.76. The highest BCUT2D eigenvalue weighted by Crippen LogP contribution is 2.40. The molecule has 140 valence electrons. The quantitative estimate of drug-likeness (QED) is 0.631. The van der Waals surface area contributed by atoms with Crippen molar-refractivity contribution < 1.29 is 9.90 Å². The molecule has 0 saturated carbocycles. The number of carboxylic acids is 1. The first-order valence-electron chi connectivity index (χ1n) is 9.08. The van der Waals surface area contributed by atoms with E-state index in [1.807, 2.05) is 0 Å². The second kappa shape index (κ2) is 7.44. The minimum absolute atomic E-state index is 0.229. The molecule has 4 rings (SSSR count). The van der Waals surface area contributed by atoms with Gasteiger partial charge in [-0.3, -0.25) is 4.79 Å². The standard InChI is InChI=1S/C20H20ClN3O2S/c1-2-12-3-5-13(6-4-12)15-11-27-18-16(15)17(22-20(21)23-18)24-9-7-14(8-10-24)19(25)26/h3-6,11,14H,2,7-10H2,1H3,(H,25,26). The molecule has 27 heavy (non-hydrogen) atoms. The van der Waals surface area contributed by atoms with Crippen LogP contribution >= 0.6 is 22.9 Å². The molecule has 0 spiro atoms. The van der Waals surface area contributed by atoms with Gasteiger partial charge in [0.2, 0.25) is 5.28 Å². The average Bonchev–Trinajstić information content (AvgIpc) is 3.11. The number of aliphatic carboxylic acids is 1. The zero-order valence-corrected chi connectivity index (χ0v) is 16.6. The lowest BCUT2D eigenvalue weighted by Gasteiger charge is -2.31. The third kappa shape index (κ3) is 3.51. The second-order valence-electron chi connectivity index (χ2n) is 6.80. The zero-order valence-electron chi connectivity index (χ0n) is 15.0. The molecule has 1 aromatic carbocycles. The lowest BCUT2D eigenvalue weighted by atomic mass is 9.96. The van der Waals surface area contributed by atoms with Gasteiger partial charge < -0.3 is 10.0 Å². The van der Waals surface area contributed by atoms with Crippen LogP contribution < -0.4 is 4.90 Å². The lowest BCUT2D eigenvalue weighted by Crippen LogP contribution is -2.37. The molecule has 0 aliphatic carbocycles. The van der Waals surface area contributed by atoms with Crippen LogP contribution in [0, 0.1) is 5.92 Å². The van der Waals surface area contributed by atoms with Gasteiger partial charge in [0, 0.05) is 24.0 Å². The van der Waals surface area contributed by atoms with E-state index in [1.165, 1.54) is 5.56 Å². The Morgan fingerprint density at radius 2 is 1.96 bits per heavy atom. The van der Waals surface area contributed by atoms with Gasteiger partial charge in [-0.2, -0.15) is 4.98 Å². The summed E-state index contributed by atoms with van der Waals surface area (Å²) in [5.41, 5.74) is 3.53. The Labute approximate surface area is 166 Å². The molecule has 7 heteroatoms. The van der Waals surface area contributed by atoms with Crippen molar-refractivity contribution in [1.29, 1.82) is 0 Å². The van der Waals surface area contributed by atoms with Crippen LogP contribution in [0.5, 0.6) is 0 Å². The van der Waals surface area contributed by atoms with Gasteiger partial charge in [-0.1, -0.05) is 31.2 Å². The number of nitrogens with zero attached hydrogens (tertiary/aromatic N) is 3.